The molecule has 0 bridgehead atoms. The first-order valence-electron chi connectivity index (χ1n) is 8.47. The summed E-state index contributed by atoms with van der Waals surface area (Å²) < 4.78 is 0. The molecule has 1 aliphatic heterocycles. The molecule has 2 aliphatic carbocycles. The SMILES string of the molecule is NC1(CC(=O)NC2CCN(C3CC3)CC2)CCCCC1. The van der Waals surface area contributed by atoms with E-state index in [2.05, 4.69) is 10.2 Å². The van der Waals surface area contributed by atoms with E-state index in [1.807, 2.05) is 0 Å². The van der Waals surface area contributed by atoms with Gasteiger partial charge in [0.1, 0.15) is 0 Å². The third-order valence-electron chi connectivity index (χ3n) is 5.32. The molecule has 3 fully saturated rings. The molecule has 0 atom stereocenters. The topological polar surface area (TPSA) is 58.4 Å². The lowest BCUT2D eigenvalue weighted by molar-refractivity contribution is -0.123. The first-order chi connectivity index (χ1) is 9.65. The van der Waals surface area contributed by atoms with Gasteiger partial charge in [0.2, 0.25) is 5.91 Å². The van der Waals surface area contributed by atoms with Crippen molar-refractivity contribution in [2.24, 2.45) is 5.73 Å². The van der Waals surface area contributed by atoms with Crippen LogP contribution in [0.4, 0.5) is 0 Å². The van der Waals surface area contributed by atoms with Crippen LogP contribution in [0.15, 0.2) is 0 Å². The van der Waals surface area contributed by atoms with Crippen LogP contribution in [0.1, 0.15) is 64.2 Å². The summed E-state index contributed by atoms with van der Waals surface area (Å²) >= 11 is 0. The Morgan fingerprint density at radius 3 is 2.35 bits per heavy atom. The lowest BCUT2D eigenvalue weighted by atomic mass is 9.80. The highest BCUT2D eigenvalue weighted by atomic mass is 16.1. The summed E-state index contributed by atoms with van der Waals surface area (Å²) in [6.07, 6.45) is 11.2. The van der Waals surface area contributed by atoms with Gasteiger partial charge in [-0.3, -0.25) is 4.79 Å². The highest BCUT2D eigenvalue weighted by molar-refractivity contribution is 5.77. The van der Waals surface area contributed by atoms with Gasteiger partial charge < -0.3 is 16.0 Å². The summed E-state index contributed by atoms with van der Waals surface area (Å²) in [5.41, 5.74) is 6.14. The Labute approximate surface area is 122 Å². The van der Waals surface area contributed by atoms with Gasteiger partial charge in [-0.2, -0.15) is 0 Å². The van der Waals surface area contributed by atoms with Crippen molar-refractivity contribution in [3.05, 3.63) is 0 Å². The molecule has 3 rings (SSSR count). The Bertz CT molecular complexity index is 340. The van der Waals surface area contributed by atoms with E-state index in [-0.39, 0.29) is 11.4 Å². The molecule has 2 saturated carbocycles. The first-order valence-corrected chi connectivity index (χ1v) is 8.47. The fourth-order valence-corrected chi connectivity index (χ4v) is 3.88. The Morgan fingerprint density at radius 1 is 1.10 bits per heavy atom. The molecule has 3 aliphatic rings. The molecule has 1 amide bonds. The lowest BCUT2D eigenvalue weighted by Gasteiger charge is -2.35. The minimum absolute atomic E-state index is 0.180. The second-order valence-corrected chi connectivity index (χ2v) is 7.21. The molecule has 4 heteroatoms. The predicted octanol–water partition coefficient (Wildman–Crippen LogP) is 1.78. The van der Waals surface area contributed by atoms with Crippen molar-refractivity contribution >= 4 is 5.91 Å². The monoisotopic (exact) mass is 279 g/mol. The van der Waals surface area contributed by atoms with Crippen molar-refractivity contribution in [2.45, 2.75) is 81.8 Å². The Hall–Kier alpha value is -0.610. The molecule has 1 heterocycles. The minimum atomic E-state index is -0.225. The summed E-state index contributed by atoms with van der Waals surface area (Å²) in [5, 5.41) is 3.23. The van der Waals surface area contributed by atoms with Gasteiger partial charge in [0.05, 0.1) is 0 Å². The van der Waals surface area contributed by atoms with E-state index in [0.717, 1.165) is 44.8 Å². The van der Waals surface area contributed by atoms with Crippen LogP contribution >= 0.6 is 0 Å². The van der Waals surface area contributed by atoms with E-state index in [0.29, 0.717) is 12.5 Å². The maximum atomic E-state index is 12.2. The van der Waals surface area contributed by atoms with E-state index in [9.17, 15) is 4.79 Å². The maximum Gasteiger partial charge on any atom is 0.222 e. The number of nitrogens with one attached hydrogen (secondary N) is 1. The van der Waals surface area contributed by atoms with Gasteiger partial charge in [-0.15, -0.1) is 0 Å². The van der Waals surface area contributed by atoms with Crippen molar-refractivity contribution < 1.29 is 4.79 Å². The standard InChI is InChI=1S/C16H29N3O/c17-16(8-2-1-3-9-16)12-15(20)18-13-6-10-19(11-7-13)14-4-5-14/h13-14H,1-12,17H2,(H,18,20). The van der Waals surface area contributed by atoms with E-state index in [4.69, 9.17) is 5.73 Å². The fourth-order valence-electron chi connectivity index (χ4n) is 3.88. The van der Waals surface area contributed by atoms with Crippen molar-refractivity contribution in [3.8, 4) is 0 Å². The maximum absolute atomic E-state index is 12.2. The second-order valence-electron chi connectivity index (χ2n) is 7.21. The number of hydrogen-bond acceptors (Lipinski definition) is 3. The molecule has 0 unspecified atom stereocenters. The van der Waals surface area contributed by atoms with E-state index in [1.165, 1.54) is 32.1 Å². The number of nitrogens with zero attached hydrogens (tertiary/aromatic N) is 1. The number of carbonyl (C=O) groups is 1. The number of likely N-dealkylation sites (tertiary alicyclic amines) is 1. The normalized spacial score (nSPS) is 28.2. The molecular weight excluding hydrogens is 250 g/mol. The molecule has 4 nitrogen and oxygen atoms in total. The highest BCUT2D eigenvalue weighted by Crippen LogP contribution is 2.30. The highest BCUT2D eigenvalue weighted by Gasteiger charge is 2.33. The van der Waals surface area contributed by atoms with Crippen LogP contribution in [0, 0.1) is 0 Å². The van der Waals surface area contributed by atoms with Crippen molar-refractivity contribution in [1.29, 1.82) is 0 Å². The van der Waals surface area contributed by atoms with Gasteiger partial charge >= 0.3 is 0 Å². The summed E-state index contributed by atoms with van der Waals surface area (Å²) in [5.74, 6) is 0.180. The second kappa shape index (κ2) is 6.02. The molecule has 3 N–H and O–H groups in total. The third kappa shape index (κ3) is 3.73. The minimum Gasteiger partial charge on any atom is -0.353 e. The molecule has 1 saturated heterocycles. The van der Waals surface area contributed by atoms with Crippen LogP contribution < -0.4 is 11.1 Å². The third-order valence-corrected chi connectivity index (χ3v) is 5.32. The fraction of sp³-hybridized carbons (Fsp3) is 0.938. The number of hydrogen-bond donors (Lipinski definition) is 2. The number of rotatable bonds is 4. The Balaban J connectivity index is 1.40. The summed E-state index contributed by atoms with van der Waals surface area (Å²) in [4.78, 5) is 14.8. The van der Waals surface area contributed by atoms with E-state index in [1.54, 1.807) is 0 Å². The first kappa shape index (κ1) is 14.3. The smallest absolute Gasteiger partial charge is 0.222 e. The summed E-state index contributed by atoms with van der Waals surface area (Å²) in [7, 11) is 0. The van der Waals surface area contributed by atoms with E-state index >= 15 is 0 Å². The van der Waals surface area contributed by atoms with Crippen LogP contribution in [0.2, 0.25) is 0 Å². The zero-order chi connectivity index (χ0) is 14.0. The number of amides is 1. The van der Waals surface area contributed by atoms with Crippen LogP contribution in [0.25, 0.3) is 0 Å². The molecule has 0 radical (unpaired) electrons. The largest absolute Gasteiger partial charge is 0.353 e. The van der Waals surface area contributed by atoms with Crippen LogP contribution in [-0.2, 0) is 4.79 Å². The molecule has 0 aromatic heterocycles. The lowest BCUT2D eigenvalue weighted by Crippen LogP contribution is -2.50. The molecule has 0 spiro atoms. The predicted molar refractivity (Wildman–Crippen MR) is 80.4 cm³/mol. The Kier molecular flexibility index (Phi) is 4.32. The zero-order valence-corrected chi connectivity index (χ0v) is 12.6. The molecular formula is C16H29N3O. The summed E-state index contributed by atoms with van der Waals surface area (Å²) in [6, 6.07) is 1.24. The number of piperidine rings is 1. The van der Waals surface area contributed by atoms with Crippen LogP contribution in [0.5, 0.6) is 0 Å². The average molecular weight is 279 g/mol. The number of carbonyl (C=O) groups excluding carboxylic acids is 1. The van der Waals surface area contributed by atoms with Gasteiger partial charge in [0.25, 0.3) is 0 Å². The van der Waals surface area contributed by atoms with E-state index < -0.39 is 0 Å². The van der Waals surface area contributed by atoms with Gasteiger partial charge in [-0.05, 0) is 38.5 Å². The van der Waals surface area contributed by atoms with Crippen molar-refractivity contribution in [1.82, 2.24) is 10.2 Å². The van der Waals surface area contributed by atoms with Gasteiger partial charge in [-0.25, -0.2) is 0 Å². The average Bonchev–Trinajstić information content (AvgIpc) is 3.24. The van der Waals surface area contributed by atoms with Gasteiger partial charge in [0.15, 0.2) is 0 Å². The number of nitrogens with two attached hydrogens (primary N) is 1. The van der Waals surface area contributed by atoms with Crippen molar-refractivity contribution in [3.63, 3.8) is 0 Å². The summed E-state index contributed by atoms with van der Waals surface area (Å²) in [6.45, 7) is 2.31. The van der Waals surface area contributed by atoms with Crippen LogP contribution in [-0.4, -0.2) is 41.5 Å². The van der Waals surface area contributed by atoms with Gasteiger partial charge in [-0.1, -0.05) is 19.3 Å². The Morgan fingerprint density at radius 2 is 1.75 bits per heavy atom. The molecule has 114 valence electrons. The van der Waals surface area contributed by atoms with Gasteiger partial charge in [0, 0.05) is 37.1 Å². The molecule has 0 aromatic carbocycles. The van der Waals surface area contributed by atoms with Crippen LogP contribution in [0.3, 0.4) is 0 Å². The molecule has 20 heavy (non-hydrogen) atoms. The van der Waals surface area contributed by atoms with Crippen molar-refractivity contribution in [2.75, 3.05) is 13.1 Å². The zero-order valence-electron chi connectivity index (χ0n) is 12.6. The molecule has 0 aromatic rings. The quantitative estimate of drug-likeness (QED) is 0.825.